The summed E-state index contributed by atoms with van der Waals surface area (Å²) >= 11 is 0. The van der Waals surface area contributed by atoms with Gasteiger partial charge in [0.25, 0.3) is 0 Å². The zero-order chi connectivity index (χ0) is 13.9. The van der Waals surface area contributed by atoms with E-state index in [4.69, 9.17) is 5.73 Å². The van der Waals surface area contributed by atoms with Gasteiger partial charge in [-0.2, -0.15) is 0 Å². The summed E-state index contributed by atoms with van der Waals surface area (Å²) in [5.41, 5.74) is 8.86. The summed E-state index contributed by atoms with van der Waals surface area (Å²) in [5.74, 6) is 0.254. The van der Waals surface area contributed by atoms with Gasteiger partial charge in [0.05, 0.1) is 0 Å². The molecule has 0 saturated heterocycles. The monoisotopic (exact) mass is 262 g/mol. The van der Waals surface area contributed by atoms with E-state index in [-0.39, 0.29) is 12.0 Å². The van der Waals surface area contributed by atoms with Crippen LogP contribution in [0.3, 0.4) is 0 Å². The Kier molecular flexibility index (Phi) is 3.48. The topological polar surface area (TPSA) is 38.9 Å². The standard InChI is InChI=1S/C18H18N2/c1-13(14-7-3-2-4-8-14)18(19)17-12-20-11-15-9-5-6-10-16(15)17/h2-13,18H,19H2,1H3. The molecule has 1 aromatic heterocycles. The van der Waals surface area contributed by atoms with Gasteiger partial charge in [0.1, 0.15) is 0 Å². The molecule has 2 aromatic carbocycles. The highest BCUT2D eigenvalue weighted by Crippen LogP contribution is 2.31. The van der Waals surface area contributed by atoms with Crippen molar-refractivity contribution in [1.82, 2.24) is 4.98 Å². The van der Waals surface area contributed by atoms with E-state index in [0.717, 1.165) is 10.9 Å². The predicted octanol–water partition coefficient (Wildman–Crippen LogP) is 4.04. The van der Waals surface area contributed by atoms with E-state index in [9.17, 15) is 0 Å². The first-order valence-electron chi connectivity index (χ1n) is 6.90. The molecule has 0 aliphatic carbocycles. The lowest BCUT2D eigenvalue weighted by Gasteiger charge is -2.21. The van der Waals surface area contributed by atoms with Crippen molar-refractivity contribution < 1.29 is 0 Å². The number of hydrogen-bond donors (Lipinski definition) is 1. The van der Waals surface area contributed by atoms with Crippen LogP contribution in [0.25, 0.3) is 10.8 Å². The highest BCUT2D eigenvalue weighted by Gasteiger charge is 2.18. The van der Waals surface area contributed by atoms with Crippen molar-refractivity contribution in [3.63, 3.8) is 0 Å². The molecule has 0 aliphatic rings. The van der Waals surface area contributed by atoms with Crippen molar-refractivity contribution in [2.45, 2.75) is 18.9 Å². The Morgan fingerprint density at radius 1 is 0.900 bits per heavy atom. The van der Waals surface area contributed by atoms with E-state index in [1.165, 1.54) is 10.9 Å². The van der Waals surface area contributed by atoms with E-state index in [2.05, 4.69) is 48.3 Å². The van der Waals surface area contributed by atoms with Crippen LogP contribution in [0.4, 0.5) is 0 Å². The first-order valence-corrected chi connectivity index (χ1v) is 6.90. The molecule has 3 rings (SSSR count). The van der Waals surface area contributed by atoms with E-state index in [1.807, 2.05) is 30.6 Å². The Morgan fingerprint density at radius 3 is 2.40 bits per heavy atom. The maximum absolute atomic E-state index is 6.50. The van der Waals surface area contributed by atoms with Gasteiger partial charge in [0.15, 0.2) is 0 Å². The molecule has 0 fully saturated rings. The maximum Gasteiger partial charge on any atom is 0.0383 e. The summed E-state index contributed by atoms with van der Waals surface area (Å²) in [6, 6.07) is 18.6. The molecule has 2 N–H and O–H groups in total. The zero-order valence-corrected chi connectivity index (χ0v) is 11.5. The molecule has 20 heavy (non-hydrogen) atoms. The number of hydrogen-bond acceptors (Lipinski definition) is 2. The molecule has 0 amide bonds. The lowest BCUT2D eigenvalue weighted by Crippen LogP contribution is -2.18. The van der Waals surface area contributed by atoms with E-state index in [1.54, 1.807) is 0 Å². The van der Waals surface area contributed by atoms with Gasteiger partial charge in [0.2, 0.25) is 0 Å². The third-order valence-electron chi connectivity index (χ3n) is 3.92. The van der Waals surface area contributed by atoms with Crippen LogP contribution in [0.2, 0.25) is 0 Å². The van der Waals surface area contributed by atoms with Crippen LogP contribution >= 0.6 is 0 Å². The molecule has 0 bridgehead atoms. The molecule has 100 valence electrons. The number of rotatable bonds is 3. The van der Waals surface area contributed by atoms with E-state index < -0.39 is 0 Å². The van der Waals surface area contributed by atoms with E-state index >= 15 is 0 Å². The fraction of sp³-hybridized carbons (Fsp3) is 0.167. The van der Waals surface area contributed by atoms with Gasteiger partial charge < -0.3 is 5.73 Å². The van der Waals surface area contributed by atoms with Crippen LogP contribution in [-0.2, 0) is 0 Å². The summed E-state index contributed by atoms with van der Waals surface area (Å²) in [4.78, 5) is 4.33. The molecular formula is C18H18N2. The summed E-state index contributed by atoms with van der Waals surface area (Å²) in [5, 5.41) is 2.33. The minimum Gasteiger partial charge on any atom is -0.323 e. The Bertz CT molecular complexity index is 701. The second-order valence-corrected chi connectivity index (χ2v) is 5.18. The second-order valence-electron chi connectivity index (χ2n) is 5.18. The zero-order valence-electron chi connectivity index (χ0n) is 11.5. The molecule has 0 radical (unpaired) electrons. The quantitative estimate of drug-likeness (QED) is 0.773. The van der Waals surface area contributed by atoms with Crippen LogP contribution < -0.4 is 5.73 Å². The predicted molar refractivity (Wildman–Crippen MR) is 83.5 cm³/mol. The Morgan fingerprint density at radius 2 is 1.60 bits per heavy atom. The highest BCUT2D eigenvalue weighted by atomic mass is 14.7. The fourth-order valence-corrected chi connectivity index (χ4v) is 2.64. The summed E-state index contributed by atoms with van der Waals surface area (Å²) in [6.07, 6.45) is 3.78. The molecule has 2 unspecified atom stereocenters. The van der Waals surface area contributed by atoms with Gasteiger partial charge in [-0.15, -0.1) is 0 Å². The summed E-state index contributed by atoms with van der Waals surface area (Å²) in [7, 11) is 0. The van der Waals surface area contributed by atoms with E-state index in [0.29, 0.717) is 0 Å². The van der Waals surface area contributed by atoms with Crippen LogP contribution in [0, 0.1) is 0 Å². The first kappa shape index (κ1) is 12.8. The molecule has 2 atom stereocenters. The van der Waals surface area contributed by atoms with Gasteiger partial charge in [-0.1, -0.05) is 61.5 Å². The molecule has 3 aromatic rings. The van der Waals surface area contributed by atoms with Crippen molar-refractivity contribution in [2.75, 3.05) is 0 Å². The van der Waals surface area contributed by atoms with Crippen LogP contribution in [0.5, 0.6) is 0 Å². The summed E-state index contributed by atoms with van der Waals surface area (Å²) in [6.45, 7) is 2.17. The molecular weight excluding hydrogens is 244 g/mol. The van der Waals surface area contributed by atoms with Gasteiger partial charge in [-0.3, -0.25) is 4.98 Å². The van der Waals surface area contributed by atoms with Gasteiger partial charge in [0, 0.05) is 29.7 Å². The molecule has 0 aliphatic heterocycles. The van der Waals surface area contributed by atoms with Crippen molar-refractivity contribution in [2.24, 2.45) is 5.73 Å². The van der Waals surface area contributed by atoms with Gasteiger partial charge in [-0.25, -0.2) is 0 Å². The first-order chi connectivity index (χ1) is 9.77. The minimum atomic E-state index is -0.0593. The summed E-state index contributed by atoms with van der Waals surface area (Å²) < 4.78 is 0. The lowest BCUT2D eigenvalue weighted by molar-refractivity contribution is 0.600. The fourth-order valence-electron chi connectivity index (χ4n) is 2.64. The van der Waals surface area contributed by atoms with Crippen LogP contribution in [0.15, 0.2) is 67.0 Å². The number of fused-ring (bicyclic) bond motifs is 1. The molecule has 1 heterocycles. The molecule has 2 nitrogen and oxygen atoms in total. The minimum absolute atomic E-state index is 0.0593. The molecule has 2 heteroatoms. The van der Waals surface area contributed by atoms with Gasteiger partial charge in [-0.05, 0) is 16.5 Å². The number of nitrogens with two attached hydrogens (primary N) is 1. The van der Waals surface area contributed by atoms with Gasteiger partial charge >= 0.3 is 0 Å². The Labute approximate surface area is 119 Å². The number of pyridine rings is 1. The number of aromatic nitrogens is 1. The van der Waals surface area contributed by atoms with Crippen LogP contribution in [-0.4, -0.2) is 4.98 Å². The lowest BCUT2D eigenvalue weighted by atomic mass is 9.88. The van der Waals surface area contributed by atoms with Crippen molar-refractivity contribution >= 4 is 10.8 Å². The largest absolute Gasteiger partial charge is 0.323 e. The third kappa shape index (κ3) is 2.30. The van der Waals surface area contributed by atoms with Crippen molar-refractivity contribution in [1.29, 1.82) is 0 Å². The van der Waals surface area contributed by atoms with Crippen LogP contribution in [0.1, 0.15) is 30.0 Å². The average molecular weight is 262 g/mol. The molecule has 0 spiro atoms. The maximum atomic E-state index is 6.50. The normalized spacial score (nSPS) is 14.1. The number of benzene rings is 2. The molecule has 0 saturated carbocycles. The Balaban J connectivity index is 2.03. The third-order valence-corrected chi connectivity index (χ3v) is 3.92. The smallest absolute Gasteiger partial charge is 0.0383 e. The Hall–Kier alpha value is -2.19. The van der Waals surface area contributed by atoms with Crippen molar-refractivity contribution in [3.05, 3.63) is 78.1 Å². The second kappa shape index (κ2) is 5.43. The SMILES string of the molecule is CC(c1ccccc1)C(N)c1cncc2ccccc12. The highest BCUT2D eigenvalue weighted by molar-refractivity contribution is 5.85. The average Bonchev–Trinajstić information content (AvgIpc) is 2.54. The number of nitrogens with zero attached hydrogens (tertiary/aromatic N) is 1. The van der Waals surface area contributed by atoms with Crippen molar-refractivity contribution in [3.8, 4) is 0 Å².